The largest absolute Gasteiger partial charge is 0.478 e. The van der Waals surface area contributed by atoms with Gasteiger partial charge >= 0.3 is 0 Å². The van der Waals surface area contributed by atoms with Gasteiger partial charge in [0.2, 0.25) is 5.88 Å². The lowest BCUT2D eigenvalue weighted by atomic mass is 10.4. The summed E-state index contributed by atoms with van der Waals surface area (Å²) >= 11 is 0. The summed E-state index contributed by atoms with van der Waals surface area (Å²) in [5.41, 5.74) is 0. The van der Waals surface area contributed by atoms with Gasteiger partial charge in [0.25, 0.3) is 0 Å². The van der Waals surface area contributed by atoms with E-state index in [-0.39, 0.29) is 0 Å². The molecule has 3 nitrogen and oxygen atoms in total. The van der Waals surface area contributed by atoms with Crippen LogP contribution in [-0.4, -0.2) is 36.1 Å². The Morgan fingerprint density at radius 2 is 2.07 bits per heavy atom. The van der Waals surface area contributed by atoms with E-state index < -0.39 is 0 Å². The first kappa shape index (κ1) is 12.0. The summed E-state index contributed by atoms with van der Waals surface area (Å²) in [4.78, 5) is 6.49. The zero-order valence-corrected chi connectivity index (χ0v) is 9.65. The Labute approximate surface area is 92.1 Å². The summed E-state index contributed by atoms with van der Waals surface area (Å²) in [6, 6.07) is 5.72. The number of hydrogen-bond donors (Lipinski definition) is 0. The molecule has 0 saturated heterocycles. The maximum atomic E-state index is 5.51. The highest BCUT2D eigenvalue weighted by molar-refractivity contribution is 5.08. The van der Waals surface area contributed by atoms with Crippen molar-refractivity contribution in [2.75, 3.05) is 26.2 Å². The molecule has 3 heteroatoms. The first-order chi connectivity index (χ1) is 7.36. The predicted octanol–water partition coefficient (Wildman–Crippen LogP) is 2.19. The van der Waals surface area contributed by atoms with Crippen LogP contribution in [0, 0.1) is 0 Å². The van der Waals surface area contributed by atoms with Crippen LogP contribution in [0.4, 0.5) is 0 Å². The highest BCUT2D eigenvalue weighted by Crippen LogP contribution is 2.03. The third kappa shape index (κ3) is 4.79. The summed E-state index contributed by atoms with van der Waals surface area (Å²) in [7, 11) is 0. The molecule has 1 rings (SSSR count). The van der Waals surface area contributed by atoms with Crippen LogP contribution in [0.3, 0.4) is 0 Å². The summed E-state index contributed by atoms with van der Waals surface area (Å²) in [6.07, 6.45) is 2.80. The molecular formula is C12H20N2O. The fraction of sp³-hybridized carbons (Fsp3) is 0.583. The van der Waals surface area contributed by atoms with Gasteiger partial charge < -0.3 is 9.64 Å². The third-order valence-electron chi connectivity index (χ3n) is 2.40. The lowest BCUT2D eigenvalue weighted by Gasteiger charge is -2.17. The molecule has 0 saturated carbocycles. The molecule has 1 aromatic heterocycles. The molecule has 0 spiro atoms. The van der Waals surface area contributed by atoms with Crippen LogP contribution in [0.2, 0.25) is 0 Å². The Hall–Kier alpha value is -1.09. The van der Waals surface area contributed by atoms with Gasteiger partial charge in [0.15, 0.2) is 0 Å². The van der Waals surface area contributed by atoms with Crippen molar-refractivity contribution in [3.8, 4) is 5.88 Å². The molecule has 0 bridgehead atoms. The summed E-state index contributed by atoms with van der Waals surface area (Å²) in [5, 5.41) is 0. The van der Waals surface area contributed by atoms with E-state index in [9.17, 15) is 0 Å². The number of pyridine rings is 1. The van der Waals surface area contributed by atoms with Crippen molar-refractivity contribution in [3.63, 3.8) is 0 Å². The van der Waals surface area contributed by atoms with Gasteiger partial charge in [-0.05, 0) is 25.6 Å². The van der Waals surface area contributed by atoms with Crippen molar-refractivity contribution in [1.29, 1.82) is 0 Å². The maximum Gasteiger partial charge on any atom is 0.213 e. The predicted molar refractivity (Wildman–Crippen MR) is 62.1 cm³/mol. The van der Waals surface area contributed by atoms with Crippen molar-refractivity contribution in [2.24, 2.45) is 0 Å². The average molecular weight is 208 g/mol. The molecule has 1 aromatic rings. The first-order valence-electron chi connectivity index (χ1n) is 5.63. The van der Waals surface area contributed by atoms with Crippen molar-refractivity contribution >= 4 is 0 Å². The van der Waals surface area contributed by atoms with Crippen molar-refractivity contribution in [3.05, 3.63) is 24.4 Å². The number of aromatic nitrogens is 1. The van der Waals surface area contributed by atoms with Gasteiger partial charge in [-0.3, -0.25) is 0 Å². The molecule has 0 unspecified atom stereocenters. The highest BCUT2D eigenvalue weighted by atomic mass is 16.5. The molecule has 0 aliphatic carbocycles. The number of nitrogens with zero attached hydrogens (tertiary/aromatic N) is 2. The Morgan fingerprint density at radius 1 is 1.27 bits per heavy atom. The van der Waals surface area contributed by atoms with Gasteiger partial charge in [-0.25, -0.2) is 4.98 Å². The molecule has 0 aliphatic heterocycles. The van der Waals surface area contributed by atoms with Crippen LogP contribution in [0.15, 0.2) is 24.4 Å². The molecule has 0 radical (unpaired) electrons. The van der Waals surface area contributed by atoms with Crippen LogP contribution in [-0.2, 0) is 0 Å². The van der Waals surface area contributed by atoms with Crippen molar-refractivity contribution in [2.45, 2.75) is 20.3 Å². The summed E-state index contributed by atoms with van der Waals surface area (Å²) < 4.78 is 5.51. The van der Waals surface area contributed by atoms with Gasteiger partial charge in [0.1, 0.15) is 0 Å². The van der Waals surface area contributed by atoms with E-state index in [1.54, 1.807) is 6.20 Å². The summed E-state index contributed by atoms with van der Waals surface area (Å²) in [6.45, 7) is 8.43. The Kier molecular flexibility index (Phi) is 5.78. The minimum Gasteiger partial charge on any atom is -0.478 e. The maximum absolute atomic E-state index is 5.51. The number of rotatable bonds is 7. The standard InChI is InChI=1S/C12H20N2O/c1-3-14(4-2)10-7-11-15-12-8-5-6-9-13-12/h5-6,8-9H,3-4,7,10-11H2,1-2H3. The third-order valence-corrected chi connectivity index (χ3v) is 2.40. The second-order valence-electron chi connectivity index (χ2n) is 3.40. The molecule has 0 aromatic carbocycles. The van der Waals surface area contributed by atoms with Crippen LogP contribution >= 0.6 is 0 Å². The minimum atomic E-state index is 0.719. The molecule has 0 atom stereocenters. The highest BCUT2D eigenvalue weighted by Gasteiger charge is 1.98. The van der Waals surface area contributed by atoms with Crippen molar-refractivity contribution in [1.82, 2.24) is 9.88 Å². The van der Waals surface area contributed by atoms with E-state index in [2.05, 4.69) is 23.7 Å². The van der Waals surface area contributed by atoms with E-state index in [4.69, 9.17) is 4.74 Å². The molecule has 0 N–H and O–H groups in total. The van der Waals surface area contributed by atoms with Crippen LogP contribution < -0.4 is 4.74 Å². The quantitative estimate of drug-likeness (QED) is 0.642. The van der Waals surface area contributed by atoms with Gasteiger partial charge in [-0.1, -0.05) is 19.9 Å². The van der Waals surface area contributed by atoms with Crippen LogP contribution in [0.5, 0.6) is 5.88 Å². The fourth-order valence-corrected chi connectivity index (χ4v) is 1.44. The SMILES string of the molecule is CCN(CC)CCCOc1ccccn1. The van der Waals surface area contributed by atoms with E-state index in [1.165, 1.54) is 0 Å². The van der Waals surface area contributed by atoms with E-state index in [0.717, 1.165) is 38.5 Å². The monoisotopic (exact) mass is 208 g/mol. The summed E-state index contributed by atoms with van der Waals surface area (Å²) in [5.74, 6) is 0.719. The molecule has 0 amide bonds. The van der Waals surface area contributed by atoms with Gasteiger partial charge in [-0.2, -0.15) is 0 Å². The molecule has 0 fully saturated rings. The lowest BCUT2D eigenvalue weighted by Crippen LogP contribution is -2.25. The van der Waals surface area contributed by atoms with Crippen LogP contribution in [0.25, 0.3) is 0 Å². The van der Waals surface area contributed by atoms with Gasteiger partial charge in [-0.15, -0.1) is 0 Å². The lowest BCUT2D eigenvalue weighted by molar-refractivity contribution is 0.244. The zero-order chi connectivity index (χ0) is 10.9. The molecule has 15 heavy (non-hydrogen) atoms. The smallest absolute Gasteiger partial charge is 0.213 e. The van der Waals surface area contributed by atoms with Gasteiger partial charge in [0, 0.05) is 18.8 Å². The number of hydrogen-bond acceptors (Lipinski definition) is 3. The Balaban J connectivity index is 2.12. The molecular weight excluding hydrogens is 188 g/mol. The average Bonchev–Trinajstić information content (AvgIpc) is 2.31. The van der Waals surface area contributed by atoms with E-state index in [1.807, 2.05) is 18.2 Å². The topological polar surface area (TPSA) is 25.4 Å². The fourth-order valence-electron chi connectivity index (χ4n) is 1.44. The molecule has 84 valence electrons. The number of ether oxygens (including phenoxy) is 1. The first-order valence-corrected chi connectivity index (χ1v) is 5.63. The van der Waals surface area contributed by atoms with E-state index >= 15 is 0 Å². The Bertz CT molecular complexity index is 247. The van der Waals surface area contributed by atoms with Crippen LogP contribution in [0.1, 0.15) is 20.3 Å². The second kappa shape index (κ2) is 7.23. The van der Waals surface area contributed by atoms with E-state index in [0.29, 0.717) is 0 Å². The zero-order valence-electron chi connectivity index (χ0n) is 9.65. The normalized spacial score (nSPS) is 10.6. The molecule has 1 heterocycles. The molecule has 0 aliphatic rings. The Morgan fingerprint density at radius 3 is 2.67 bits per heavy atom. The van der Waals surface area contributed by atoms with Crippen molar-refractivity contribution < 1.29 is 4.74 Å². The minimum absolute atomic E-state index is 0.719. The van der Waals surface area contributed by atoms with Gasteiger partial charge in [0.05, 0.1) is 6.61 Å². The second-order valence-corrected chi connectivity index (χ2v) is 3.40.